The molecule has 1 aliphatic carbocycles. The molecule has 0 aromatic heterocycles. The minimum atomic E-state index is -0.870. The van der Waals surface area contributed by atoms with E-state index in [2.05, 4.69) is 0 Å². The van der Waals surface area contributed by atoms with Crippen LogP contribution >= 0.6 is 0 Å². The van der Waals surface area contributed by atoms with Crippen LogP contribution in [0.1, 0.15) is 36.0 Å². The van der Waals surface area contributed by atoms with Crippen molar-refractivity contribution < 1.29 is 24.2 Å². The SMILES string of the molecule is COc1ccc(C(=O)N2CCN(C(=O)CC3(C(=O)O)CCC3)CC2)cc1. The summed E-state index contributed by atoms with van der Waals surface area (Å²) in [5.41, 5.74) is -0.280. The molecule has 0 bridgehead atoms. The van der Waals surface area contributed by atoms with Gasteiger partial charge in [-0.2, -0.15) is 0 Å². The van der Waals surface area contributed by atoms with Gasteiger partial charge in [0.25, 0.3) is 5.91 Å². The van der Waals surface area contributed by atoms with E-state index in [-0.39, 0.29) is 18.2 Å². The Kier molecular flexibility index (Phi) is 5.15. The van der Waals surface area contributed by atoms with Crippen LogP contribution < -0.4 is 4.74 Å². The second-order valence-corrected chi connectivity index (χ2v) is 7.02. The lowest BCUT2D eigenvalue weighted by molar-refractivity contribution is -0.159. The van der Waals surface area contributed by atoms with Gasteiger partial charge in [-0.05, 0) is 37.1 Å². The molecule has 1 saturated heterocycles. The molecule has 26 heavy (non-hydrogen) atoms. The van der Waals surface area contributed by atoms with Gasteiger partial charge in [-0.3, -0.25) is 14.4 Å². The van der Waals surface area contributed by atoms with Gasteiger partial charge in [0, 0.05) is 38.2 Å². The normalized spacial score (nSPS) is 18.8. The van der Waals surface area contributed by atoms with Gasteiger partial charge in [0.1, 0.15) is 5.75 Å². The fourth-order valence-corrected chi connectivity index (χ4v) is 3.55. The molecular formula is C19H24N2O5. The highest BCUT2D eigenvalue weighted by Gasteiger charge is 2.46. The molecule has 1 N–H and O–H groups in total. The van der Waals surface area contributed by atoms with E-state index in [1.807, 2.05) is 0 Å². The van der Waals surface area contributed by atoms with Crippen molar-refractivity contribution in [3.05, 3.63) is 29.8 Å². The summed E-state index contributed by atoms with van der Waals surface area (Å²) in [7, 11) is 1.57. The molecule has 0 unspecified atom stereocenters. The zero-order valence-corrected chi connectivity index (χ0v) is 14.9. The highest BCUT2D eigenvalue weighted by Crippen LogP contribution is 2.44. The summed E-state index contributed by atoms with van der Waals surface area (Å²) >= 11 is 0. The van der Waals surface area contributed by atoms with E-state index >= 15 is 0 Å². The average molecular weight is 360 g/mol. The first-order valence-electron chi connectivity index (χ1n) is 8.90. The average Bonchev–Trinajstić information content (AvgIpc) is 2.63. The number of carbonyl (C=O) groups is 3. The van der Waals surface area contributed by atoms with Crippen LogP contribution in [0.15, 0.2) is 24.3 Å². The van der Waals surface area contributed by atoms with Gasteiger partial charge in [-0.1, -0.05) is 6.42 Å². The first kappa shape index (κ1) is 18.2. The van der Waals surface area contributed by atoms with Crippen molar-refractivity contribution in [2.24, 2.45) is 5.41 Å². The fourth-order valence-electron chi connectivity index (χ4n) is 3.55. The van der Waals surface area contributed by atoms with E-state index in [1.54, 1.807) is 41.2 Å². The van der Waals surface area contributed by atoms with Gasteiger partial charge >= 0.3 is 5.97 Å². The first-order valence-corrected chi connectivity index (χ1v) is 8.90. The Balaban J connectivity index is 1.54. The third kappa shape index (κ3) is 3.52. The monoisotopic (exact) mass is 360 g/mol. The Hall–Kier alpha value is -2.57. The predicted molar refractivity (Wildman–Crippen MR) is 94.0 cm³/mol. The van der Waals surface area contributed by atoms with Crippen molar-refractivity contribution in [1.29, 1.82) is 0 Å². The molecule has 2 fully saturated rings. The summed E-state index contributed by atoms with van der Waals surface area (Å²) in [6.07, 6.45) is 2.08. The number of carboxylic acids is 1. The minimum absolute atomic E-state index is 0.0642. The first-order chi connectivity index (χ1) is 12.4. The van der Waals surface area contributed by atoms with Crippen LogP contribution in [0.4, 0.5) is 0 Å². The van der Waals surface area contributed by atoms with Gasteiger partial charge in [0.2, 0.25) is 5.91 Å². The highest BCUT2D eigenvalue weighted by molar-refractivity contribution is 5.94. The molecule has 3 rings (SSSR count). The number of carboxylic acid groups (broad SMARTS) is 1. The van der Waals surface area contributed by atoms with E-state index in [9.17, 15) is 19.5 Å². The Labute approximate surface area is 152 Å². The van der Waals surface area contributed by atoms with Gasteiger partial charge in [-0.25, -0.2) is 0 Å². The smallest absolute Gasteiger partial charge is 0.310 e. The van der Waals surface area contributed by atoms with Gasteiger partial charge < -0.3 is 19.6 Å². The number of nitrogens with zero attached hydrogens (tertiary/aromatic N) is 2. The molecule has 2 aliphatic rings. The lowest BCUT2D eigenvalue weighted by Gasteiger charge is -2.40. The third-order valence-corrected chi connectivity index (χ3v) is 5.51. The maximum absolute atomic E-state index is 12.6. The predicted octanol–water partition coefficient (Wildman–Crippen LogP) is 1.62. The zero-order chi connectivity index (χ0) is 18.7. The fraction of sp³-hybridized carbons (Fsp3) is 0.526. The van der Waals surface area contributed by atoms with Crippen LogP contribution in [0.2, 0.25) is 0 Å². The summed E-state index contributed by atoms with van der Waals surface area (Å²) in [6.45, 7) is 1.79. The number of ether oxygens (including phenoxy) is 1. The Morgan fingerprint density at radius 3 is 2.08 bits per heavy atom. The van der Waals surface area contributed by atoms with Crippen LogP contribution in [0.25, 0.3) is 0 Å². The van der Waals surface area contributed by atoms with Crippen LogP contribution in [0.3, 0.4) is 0 Å². The standard InChI is InChI=1S/C19H24N2O5/c1-26-15-5-3-14(4-6-15)17(23)21-11-9-20(10-12-21)16(22)13-19(18(24)25)7-2-8-19/h3-6H,2,7-13H2,1H3,(H,24,25). The second-order valence-electron chi connectivity index (χ2n) is 7.02. The number of methoxy groups -OCH3 is 1. The maximum Gasteiger partial charge on any atom is 0.310 e. The number of piperazine rings is 1. The molecule has 1 aromatic rings. The quantitative estimate of drug-likeness (QED) is 0.862. The third-order valence-electron chi connectivity index (χ3n) is 5.51. The number of hydrogen-bond acceptors (Lipinski definition) is 4. The van der Waals surface area contributed by atoms with Gasteiger partial charge in [0.05, 0.1) is 12.5 Å². The Bertz CT molecular complexity index is 688. The van der Waals surface area contributed by atoms with E-state index < -0.39 is 11.4 Å². The number of rotatable bonds is 5. The van der Waals surface area contributed by atoms with Gasteiger partial charge in [0.15, 0.2) is 0 Å². The topological polar surface area (TPSA) is 87.2 Å². The lowest BCUT2D eigenvalue weighted by atomic mass is 9.66. The molecule has 1 heterocycles. The van der Waals surface area contributed by atoms with Crippen LogP contribution in [0.5, 0.6) is 5.75 Å². The van der Waals surface area contributed by atoms with Gasteiger partial charge in [-0.15, -0.1) is 0 Å². The van der Waals surface area contributed by atoms with E-state index in [0.717, 1.165) is 6.42 Å². The zero-order valence-electron chi connectivity index (χ0n) is 14.9. The number of aliphatic carboxylic acids is 1. The molecule has 0 spiro atoms. The van der Waals surface area contributed by atoms with Crippen LogP contribution in [-0.2, 0) is 9.59 Å². The molecule has 7 heteroatoms. The van der Waals surface area contributed by atoms with Crippen molar-refractivity contribution in [2.75, 3.05) is 33.3 Å². The molecule has 1 saturated carbocycles. The summed E-state index contributed by atoms with van der Waals surface area (Å²) in [4.78, 5) is 39.9. The largest absolute Gasteiger partial charge is 0.497 e. The lowest BCUT2D eigenvalue weighted by Crippen LogP contribution is -2.52. The summed E-state index contributed by atoms with van der Waals surface area (Å²) in [6, 6.07) is 6.95. The van der Waals surface area contributed by atoms with Crippen molar-refractivity contribution in [1.82, 2.24) is 9.80 Å². The summed E-state index contributed by atoms with van der Waals surface area (Å²) in [5.74, 6) is -0.366. The van der Waals surface area contributed by atoms with E-state index in [4.69, 9.17) is 4.74 Å². The molecule has 0 radical (unpaired) electrons. The van der Waals surface area contributed by atoms with Crippen molar-refractivity contribution >= 4 is 17.8 Å². The van der Waals surface area contributed by atoms with Crippen molar-refractivity contribution in [3.63, 3.8) is 0 Å². The Morgan fingerprint density at radius 1 is 1.04 bits per heavy atom. The Morgan fingerprint density at radius 2 is 1.62 bits per heavy atom. The summed E-state index contributed by atoms with van der Waals surface area (Å²) in [5, 5.41) is 9.38. The molecular weight excluding hydrogens is 336 g/mol. The maximum atomic E-state index is 12.6. The van der Waals surface area contributed by atoms with Crippen LogP contribution in [-0.4, -0.2) is 66.0 Å². The number of carbonyl (C=O) groups excluding carboxylic acids is 2. The molecule has 1 aliphatic heterocycles. The number of benzene rings is 1. The molecule has 140 valence electrons. The molecule has 2 amide bonds. The molecule has 0 atom stereocenters. The van der Waals surface area contributed by atoms with E-state index in [1.165, 1.54) is 0 Å². The second kappa shape index (κ2) is 7.35. The molecule has 7 nitrogen and oxygen atoms in total. The van der Waals surface area contributed by atoms with Crippen molar-refractivity contribution in [2.45, 2.75) is 25.7 Å². The number of amides is 2. The molecule has 1 aromatic carbocycles. The summed E-state index contributed by atoms with van der Waals surface area (Å²) < 4.78 is 5.09. The highest BCUT2D eigenvalue weighted by atomic mass is 16.5. The number of hydrogen-bond donors (Lipinski definition) is 1. The minimum Gasteiger partial charge on any atom is -0.497 e. The van der Waals surface area contributed by atoms with E-state index in [0.29, 0.717) is 50.3 Å². The van der Waals surface area contributed by atoms with Crippen LogP contribution in [0, 0.1) is 5.41 Å². The van der Waals surface area contributed by atoms with Crippen molar-refractivity contribution in [3.8, 4) is 5.75 Å².